The Morgan fingerprint density at radius 3 is 2.85 bits per heavy atom. The van der Waals surface area contributed by atoms with E-state index >= 15 is 0 Å². The number of H-pyrrole nitrogens is 1. The van der Waals surface area contributed by atoms with Crippen molar-refractivity contribution in [2.75, 3.05) is 13.1 Å². The minimum absolute atomic E-state index is 0.280. The summed E-state index contributed by atoms with van der Waals surface area (Å²) in [6, 6.07) is 10.3. The second-order valence-electron chi connectivity index (χ2n) is 6.42. The van der Waals surface area contributed by atoms with Crippen molar-refractivity contribution in [3.05, 3.63) is 65.7 Å². The average Bonchev–Trinajstić information content (AvgIpc) is 3.29. The molecule has 27 heavy (non-hydrogen) atoms. The Balaban J connectivity index is 1.66. The molecule has 0 spiro atoms. The third kappa shape index (κ3) is 3.10. The van der Waals surface area contributed by atoms with Gasteiger partial charge in [-0.1, -0.05) is 12.1 Å². The first-order valence-electron chi connectivity index (χ1n) is 8.56. The van der Waals surface area contributed by atoms with Crippen molar-refractivity contribution in [3.63, 3.8) is 0 Å². The first-order valence-corrected chi connectivity index (χ1v) is 8.56. The molecule has 0 unspecified atom stereocenters. The molecule has 0 bridgehead atoms. The van der Waals surface area contributed by atoms with E-state index in [0.29, 0.717) is 24.3 Å². The van der Waals surface area contributed by atoms with Crippen LogP contribution in [0.1, 0.15) is 22.1 Å². The molecule has 0 aliphatic carbocycles. The van der Waals surface area contributed by atoms with Crippen LogP contribution < -0.4 is 5.32 Å². The van der Waals surface area contributed by atoms with Gasteiger partial charge in [0.25, 0.3) is 5.91 Å². The zero-order chi connectivity index (χ0) is 19.0. The number of rotatable bonds is 3. The summed E-state index contributed by atoms with van der Waals surface area (Å²) in [5.41, 5.74) is 2.21. The van der Waals surface area contributed by atoms with Crippen molar-refractivity contribution < 1.29 is 14.0 Å². The third-order valence-electron chi connectivity index (χ3n) is 4.65. The topological polar surface area (TPSA) is 83.0 Å². The van der Waals surface area contributed by atoms with Crippen LogP contribution in [0, 0.1) is 5.82 Å². The Kier molecular flexibility index (Phi) is 4.23. The molecule has 1 atom stereocenters. The van der Waals surface area contributed by atoms with Crippen molar-refractivity contribution in [3.8, 4) is 11.4 Å². The molecule has 1 aromatic carbocycles. The van der Waals surface area contributed by atoms with Crippen LogP contribution in [-0.2, 0) is 11.8 Å². The minimum Gasteiger partial charge on any atom is -0.352 e. The van der Waals surface area contributed by atoms with Gasteiger partial charge in [-0.25, -0.2) is 4.39 Å². The van der Waals surface area contributed by atoms with Gasteiger partial charge in [0.05, 0.1) is 5.69 Å². The first kappa shape index (κ1) is 17.0. The number of hydrogen-bond acceptors (Lipinski definition) is 3. The molecule has 8 heteroatoms. The number of halogens is 1. The lowest BCUT2D eigenvalue weighted by Crippen LogP contribution is -2.52. The lowest BCUT2D eigenvalue weighted by atomic mass is 10.0. The number of carbonyl (C=O) groups is 2. The van der Waals surface area contributed by atoms with E-state index in [2.05, 4.69) is 15.5 Å². The number of aromatic nitrogens is 3. The molecular formula is C19H18FN5O2. The van der Waals surface area contributed by atoms with Gasteiger partial charge in [0.2, 0.25) is 5.91 Å². The van der Waals surface area contributed by atoms with Crippen molar-refractivity contribution >= 4 is 11.8 Å². The maximum absolute atomic E-state index is 13.6. The molecule has 7 nitrogen and oxygen atoms in total. The number of amides is 2. The first-order chi connectivity index (χ1) is 13.0. The SMILES string of the molecule is Cn1cccc1-c1cc(C(=O)N2CCNC(=O)[C@H]2c2cccc(F)c2)[nH]n1. The maximum Gasteiger partial charge on any atom is 0.272 e. The molecule has 3 aromatic rings. The number of nitrogens with zero attached hydrogens (tertiary/aromatic N) is 3. The highest BCUT2D eigenvalue weighted by molar-refractivity contribution is 5.97. The lowest BCUT2D eigenvalue weighted by molar-refractivity contribution is -0.128. The van der Waals surface area contributed by atoms with Gasteiger partial charge in [0.1, 0.15) is 23.2 Å². The van der Waals surface area contributed by atoms with E-state index in [1.807, 2.05) is 29.9 Å². The van der Waals surface area contributed by atoms with Crippen LogP contribution in [0.15, 0.2) is 48.7 Å². The predicted molar refractivity (Wildman–Crippen MR) is 96.2 cm³/mol. The largest absolute Gasteiger partial charge is 0.352 e. The summed E-state index contributed by atoms with van der Waals surface area (Å²) >= 11 is 0. The van der Waals surface area contributed by atoms with Gasteiger partial charge >= 0.3 is 0 Å². The monoisotopic (exact) mass is 367 g/mol. The standard InChI is InChI=1S/C19H18FN5O2/c1-24-8-3-6-16(24)14-11-15(23-22-14)19(27)25-9-7-21-18(26)17(25)12-4-2-5-13(20)10-12/h2-6,8,10-11,17H,7,9H2,1H3,(H,21,26)(H,22,23)/t17-/m1/s1. The summed E-state index contributed by atoms with van der Waals surface area (Å²) in [5.74, 6) is -1.14. The highest BCUT2D eigenvalue weighted by Gasteiger charge is 2.35. The van der Waals surface area contributed by atoms with Crippen LogP contribution >= 0.6 is 0 Å². The number of carbonyl (C=O) groups excluding carboxylic acids is 2. The van der Waals surface area contributed by atoms with Gasteiger partial charge in [-0.15, -0.1) is 0 Å². The molecule has 2 amide bonds. The third-order valence-corrected chi connectivity index (χ3v) is 4.65. The summed E-state index contributed by atoms with van der Waals surface area (Å²) in [4.78, 5) is 26.9. The zero-order valence-electron chi connectivity index (χ0n) is 14.6. The van der Waals surface area contributed by atoms with Gasteiger partial charge in [-0.2, -0.15) is 5.10 Å². The molecule has 4 rings (SSSR count). The summed E-state index contributed by atoms with van der Waals surface area (Å²) in [5, 5.41) is 9.71. The molecule has 0 radical (unpaired) electrons. The number of benzene rings is 1. The Bertz CT molecular complexity index is 1010. The van der Waals surface area contributed by atoms with E-state index in [-0.39, 0.29) is 17.5 Å². The zero-order valence-corrected chi connectivity index (χ0v) is 14.6. The summed E-state index contributed by atoms with van der Waals surface area (Å²) in [6.45, 7) is 0.666. The van der Waals surface area contributed by atoms with Crippen molar-refractivity contribution in [1.82, 2.24) is 25.0 Å². The fourth-order valence-corrected chi connectivity index (χ4v) is 3.34. The number of aryl methyl sites for hydroxylation is 1. The van der Waals surface area contributed by atoms with E-state index in [9.17, 15) is 14.0 Å². The normalized spacial score (nSPS) is 17.0. The maximum atomic E-state index is 13.6. The van der Waals surface area contributed by atoms with Crippen LogP contribution in [-0.4, -0.2) is 44.6 Å². The quantitative estimate of drug-likeness (QED) is 0.741. The Morgan fingerprint density at radius 2 is 2.11 bits per heavy atom. The second kappa shape index (κ2) is 6.71. The number of hydrogen-bond donors (Lipinski definition) is 2. The molecule has 138 valence electrons. The molecule has 1 fully saturated rings. The number of nitrogens with one attached hydrogen (secondary N) is 2. The van der Waals surface area contributed by atoms with Crippen LogP contribution in [0.4, 0.5) is 4.39 Å². The summed E-state index contributed by atoms with van der Waals surface area (Å²) in [7, 11) is 1.89. The molecule has 2 aromatic heterocycles. The Labute approximate surface area is 154 Å². The van der Waals surface area contributed by atoms with Crippen molar-refractivity contribution in [1.29, 1.82) is 0 Å². The van der Waals surface area contributed by atoms with Gasteiger partial charge < -0.3 is 14.8 Å². The highest BCUT2D eigenvalue weighted by Crippen LogP contribution is 2.26. The van der Waals surface area contributed by atoms with E-state index in [4.69, 9.17) is 0 Å². The minimum atomic E-state index is -0.885. The number of piperazine rings is 1. The average molecular weight is 367 g/mol. The molecule has 3 heterocycles. The van der Waals surface area contributed by atoms with E-state index in [0.717, 1.165) is 5.69 Å². The fraction of sp³-hybridized carbons (Fsp3) is 0.211. The van der Waals surface area contributed by atoms with Crippen LogP contribution in [0.3, 0.4) is 0 Å². The molecule has 1 aliphatic heterocycles. The van der Waals surface area contributed by atoms with Crippen LogP contribution in [0.5, 0.6) is 0 Å². The van der Waals surface area contributed by atoms with E-state index < -0.39 is 11.9 Å². The Hall–Kier alpha value is -3.42. The van der Waals surface area contributed by atoms with E-state index in [1.165, 1.54) is 23.1 Å². The van der Waals surface area contributed by atoms with Gasteiger partial charge in [-0.05, 0) is 35.9 Å². The second-order valence-corrected chi connectivity index (χ2v) is 6.42. The van der Waals surface area contributed by atoms with Crippen LogP contribution in [0.25, 0.3) is 11.4 Å². The molecular weight excluding hydrogens is 349 g/mol. The summed E-state index contributed by atoms with van der Waals surface area (Å²) < 4.78 is 15.5. The predicted octanol–water partition coefficient (Wildman–Crippen LogP) is 1.87. The smallest absolute Gasteiger partial charge is 0.272 e. The van der Waals surface area contributed by atoms with Gasteiger partial charge in [-0.3, -0.25) is 14.7 Å². The molecule has 1 aliphatic rings. The molecule has 1 saturated heterocycles. The Morgan fingerprint density at radius 1 is 1.26 bits per heavy atom. The van der Waals surface area contributed by atoms with Crippen molar-refractivity contribution in [2.45, 2.75) is 6.04 Å². The van der Waals surface area contributed by atoms with E-state index in [1.54, 1.807) is 12.1 Å². The van der Waals surface area contributed by atoms with Crippen molar-refractivity contribution in [2.24, 2.45) is 7.05 Å². The molecule has 2 N–H and O–H groups in total. The van der Waals surface area contributed by atoms with Gasteiger partial charge in [0.15, 0.2) is 0 Å². The fourth-order valence-electron chi connectivity index (χ4n) is 3.34. The van der Waals surface area contributed by atoms with Crippen LogP contribution in [0.2, 0.25) is 0 Å². The van der Waals surface area contributed by atoms with Gasteiger partial charge in [0, 0.05) is 26.3 Å². The highest BCUT2D eigenvalue weighted by atomic mass is 19.1. The number of aromatic amines is 1. The summed E-state index contributed by atoms with van der Waals surface area (Å²) in [6.07, 6.45) is 1.89. The molecule has 0 saturated carbocycles. The lowest BCUT2D eigenvalue weighted by Gasteiger charge is -2.35.